The lowest BCUT2D eigenvalue weighted by Gasteiger charge is -2.25. The van der Waals surface area contributed by atoms with E-state index in [0.717, 1.165) is 23.1 Å². The van der Waals surface area contributed by atoms with Crippen LogP contribution < -0.4 is 10.1 Å². The topological polar surface area (TPSA) is 75.7 Å². The highest BCUT2D eigenvalue weighted by atomic mass is 32.2. The van der Waals surface area contributed by atoms with Gasteiger partial charge in [-0.25, -0.2) is 8.42 Å². The van der Waals surface area contributed by atoms with Gasteiger partial charge in [-0.3, -0.25) is 4.79 Å². The fourth-order valence-electron chi connectivity index (χ4n) is 2.79. The predicted molar refractivity (Wildman–Crippen MR) is 106 cm³/mol. The van der Waals surface area contributed by atoms with Crippen LogP contribution in [0.1, 0.15) is 27.5 Å². The van der Waals surface area contributed by atoms with Crippen LogP contribution in [0, 0.1) is 6.92 Å². The van der Waals surface area contributed by atoms with E-state index in [0.29, 0.717) is 12.1 Å². The second kappa shape index (κ2) is 8.54. The van der Waals surface area contributed by atoms with Crippen molar-refractivity contribution in [2.75, 3.05) is 34.0 Å². The molecule has 0 bridgehead atoms. The van der Waals surface area contributed by atoms with Crippen molar-refractivity contribution >= 4 is 15.7 Å². The fraction of sp³-hybridized carbons (Fsp3) is 0.350. The molecule has 2 rings (SSSR count). The van der Waals surface area contributed by atoms with E-state index < -0.39 is 9.84 Å². The van der Waals surface area contributed by atoms with E-state index in [1.807, 2.05) is 43.3 Å². The molecule has 0 radical (unpaired) electrons. The minimum Gasteiger partial charge on any atom is -0.497 e. The molecular weight excluding hydrogens is 364 g/mol. The average Bonchev–Trinajstić information content (AvgIpc) is 2.61. The van der Waals surface area contributed by atoms with Crippen LogP contribution in [-0.4, -0.2) is 53.2 Å². The van der Waals surface area contributed by atoms with E-state index in [2.05, 4.69) is 5.32 Å². The third-order valence-electron chi connectivity index (χ3n) is 4.46. The van der Waals surface area contributed by atoms with Crippen LogP contribution >= 0.6 is 0 Å². The Bertz CT molecular complexity index is 906. The maximum Gasteiger partial charge on any atom is 0.251 e. The highest BCUT2D eigenvalue weighted by molar-refractivity contribution is 7.90. The van der Waals surface area contributed by atoms with Crippen LogP contribution in [0.3, 0.4) is 0 Å². The molecule has 0 saturated carbocycles. The molecule has 0 spiro atoms. The summed E-state index contributed by atoms with van der Waals surface area (Å²) in [6, 6.07) is 12.3. The second-order valence-corrected chi connectivity index (χ2v) is 8.73. The van der Waals surface area contributed by atoms with Crippen molar-refractivity contribution in [3.63, 3.8) is 0 Å². The van der Waals surface area contributed by atoms with E-state index >= 15 is 0 Å². The summed E-state index contributed by atoms with van der Waals surface area (Å²) in [5, 5.41) is 2.92. The summed E-state index contributed by atoms with van der Waals surface area (Å²) in [5.41, 5.74) is 2.14. The maximum absolute atomic E-state index is 12.7. The van der Waals surface area contributed by atoms with E-state index in [4.69, 9.17) is 4.74 Å². The number of ether oxygens (including phenoxy) is 1. The zero-order valence-electron chi connectivity index (χ0n) is 16.3. The lowest BCUT2D eigenvalue weighted by molar-refractivity contribution is 0.0941. The Labute approximate surface area is 161 Å². The molecule has 0 aromatic heterocycles. The van der Waals surface area contributed by atoms with Gasteiger partial charge in [0.25, 0.3) is 5.91 Å². The smallest absolute Gasteiger partial charge is 0.251 e. The van der Waals surface area contributed by atoms with Crippen molar-refractivity contribution in [2.24, 2.45) is 0 Å². The molecule has 1 amide bonds. The number of aryl methyl sites for hydroxylation is 1. The van der Waals surface area contributed by atoms with Crippen LogP contribution in [0.15, 0.2) is 47.4 Å². The third-order valence-corrected chi connectivity index (χ3v) is 5.57. The number of nitrogens with one attached hydrogen (secondary N) is 1. The monoisotopic (exact) mass is 390 g/mol. The maximum atomic E-state index is 12.7. The molecular formula is C20H26N2O4S. The van der Waals surface area contributed by atoms with Crippen LogP contribution in [0.2, 0.25) is 0 Å². The Morgan fingerprint density at radius 2 is 1.78 bits per heavy atom. The Hall–Kier alpha value is -2.38. The number of methoxy groups -OCH3 is 1. The van der Waals surface area contributed by atoms with Crippen molar-refractivity contribution in [3.05, 3.63) is 59.2 Å². The molecule has 0 heterocycles. The van der Waals surface area contributed by atoms with Crippen LogP contribution in [0.4, 0.5) is 0 Å². The van der Waals surface area contributed by atoms with E-state index in [1.165, 1.54) is 12.1 Å². The molecule has 0 saturated heterocycles. The number of rotatable bonds is 7. The highest BCUT2D eigenvalue weighted by Crippen LogP contribution is 2.21. The molecule has 146 valence electrons. The van der Waals surface area contributed by atoms with Crippen molar-refractivity contribution in [3.8, 4) is 5.75 Å². The van der Waals surface area contributed by atoms with Gasteiger partial charge < -0.3 is 15.0 Å². The number of carbonyl (C=O) groups is 1. The molecule has 7 heteroatoms. The first-order valence-corrected chi connectivity index (χ1v) is 10.4. The average molecular weight is 391 g/mol. The highest BCUT2D eigenvalue weighted by Gasteiger charge is 2.18. The number of hydrogen-bond donors (Lipinski definition) is 1. The molecule has 2 aromatic carbocycles. The predicted octanol–water partition coefficient (Wildman–Crippen LogP) is 2.44. The zero-order chi connectivity index (χ0) is 20.2. The Morgan fingerprint density at radius 3 is 2.30 bits per heavy atom. The van der Waals surface area contributed by atoms with E-state index in [1.54, 1.807) is 20.1 Å². The first kappa shape index (κ1) is 20.9. The standard InChI is InChI=1S/C20H26N2O4S/c1-14-6-11-17(27(5,24)25)12-18(14)20(23)21-13-19(22(2)3)15-7-9-16(26-4)10-8-15/h6-12,19H,13H2,1-5H3,(H,21,23). The summed E-state index contributed by atoms with van der Waals surface area (Å²) >= 11 is 0. The third kappa shape index (κ3) is 5.30. The quantitative estimate of drug-likeness (QED) is 0.786. The molecule has 0 aliphatic heterocycles. The molecule has 1 unspecified atom stereocenters. The number of likely N-dealkylation sites (N-methyl/N-ethyl adjacent to an activating group) is 1. The molecule has 0 aliphatic rings. The Kier molecular flexibility index (Phi) is 6.62. The number of sulfone groups is 1. The number of nitrogens with zero attached hydrogens (tertiary/aromatic N) is 1. The lowest BCUT2D eigenvalue weighted by atomic mass is 10.0. The molecule has 0 fully saturated rings. The van der Waals surface area contributed by atoms with Gasteiger partial charge in [0.15, 0.2) is 9.84 Å². The van der Waals surface area contributed by atoms with Crippen molar-refractivity contribution in [2.45, 2.75) is 17.9 Å². The molecule has 2 aromatic rings. The summed E-state index contributed by atoms with van der Waals surface area (Å²) < 4.78 is 28.7. The first-order valence-electron chi connectivity index (χ1n) is 8.52. The van der Waals surface area contributed by atoms with Gasteiger partial charge in [-0.05, 0) is 56.4 Å². The summed E-state index contributed by atoms with van der Waals surface area (Å²) in [6.45, 7) is 2.18. The van der Waals surface area contributed by atoms with E-state index in [9.17, 15) is 13.2 Å². The number of amides is 1. The first-order chi connectivity index (χ1) is 12.6. The largest absolute Gasteiger partial charge is 0.497 e. The van der Waals surface area contributed by atoms with Gasteiger partial charge in [-0.1, -0.05) is 18.2 Å². The summed E-state index contributed by atoms with van der Waals surface area (Å²) in [5.74, 6) is 0.479. The molecule has 27 heavy (non-hydrogen) atoms. The van der Waals surface area contributed by atoms with Gasteiger partial charge in [0, 0.05) is 18.4 Å². The van der Waals surface area contributed by atoms with Crippen LogP contribution in [0.25, 0.3) is 0 Å². The lowest BCUT2D eigenvalue weighted by Crippen LogP contribution is -2.34. The Morgan fingerprint density at radius 1 is 1.15 bits per heavy atom. The molecule has 0 aliphatic carbocycles. The van der Waals surface area contributed by atoms with Crippen molar-refractivity contribution < 1.29 is 17.9 Å². The van der Waals surface area contributed by atoms with Gasteiger partial charge in [0.2, 0.25) is 0 Å². The zero-order valence-corrected chi connectivity index (χ0v) is 17.1. The van der Waals surface area contributed by atoms with Gasteiger partial charge in [-0.15, -0.1) is 0 Å². The normalized spacial score (nSPS) is 12.7. The summed E-state index contributed by atoms with van der Waals surface area (Å²) in [6.07, 6.45) is 1.13. The number of carbonyl (C=O) groups excluding carboxylic acids is 1. The van der Waals surface area contributed by atoms with E-state index in [-0.39, 0.29) is 16.8 Å². The Balaban J connectivity index is 2.19. The van der Waals surface area contributed by atoms with Gasteiger partial charge >= 0.3 is 0 Å². The van der Waals surface area contributed by atoms with Crippen LogP contribution in [0.5, 0.6) is 5.75 Å². The summed E-state index contributed by atoms with van der Waals surface area (Å²) in [4.78, 5) is 14.8. The van der Waals surface area contributed by atoms with Gasteiger partial charge in [0.05, 0.1) is 18.0 Å². The fourth-order valence-corrected chi connectivity index (χ4v) is 3.43. The minimum atomic E-state index is -3.37. The molecule has 6 nitrogen and oxygen atoms in total. The van der Waals surface area contributed by atoms with Crippen molar-refractivity contribution in [1.29, 1.82) is 0 Å². The van der Waals surface area contributed by atoms with Crippen molar-refractivity contribution in [1.82, 2.24) is 10.2 Å². The molecule has 1 atom stereocenters. The molecule has 1 N–H and O–H groups in total. The minimum absolute atomic E-state index is 0.0294. The van der Waals surface area contributed by atoms with Gasteiger partial charge in [0.1, 0.15) is 5.75 Å². The summed E-state index contributed by atoms with van der Waals surface area (Å²) in [7, 11) is 2.13. The van der Waals surface area contributed by atoms with Gasteiger partial charge in [-0.2, -0.15) is 0 Å². The van der Waals surface area contributed by atoms with Crippen LogP contribution in [-0.2, 0) is 9.84 Å². The second-order valence-electron chi connectivity index (χ2n) is 6.71. The number of hydrogen-bond acceptors (Lipinski definition) is 5. The number of benzene rings is 2. The SMILES string of the molecule is COc1ccc(C(CNC(=O)c2cc(S(C)(=O)=O)ccc2C)N(C)C)cc1.